The van der Waals surface area contributed by atoms with Crippen LogP contribution in [0.2, 0.25) is 0 Å². The second-order valence-corrected chi connectivity index (χ2v) is 6.70. The van der Waals surface area contributed by atoms with Gasteiger partial charge in [-0.15, -0.1) is 0 Å². The van der Waals surface area contributed by atoms with Crippen molar-refractivity contribution < 1.29 is 9.18 Å². The minimum atomic E-state index is -0.262. The van der Waals surface area contributed by atoms with Gasteiger partial charge in [0.1, 0.15) is 17.3 Å². The molecule has 1 aliphatic rings. The van der Waals surface area contributed by atoms with Gasteiger partial charge < -0.3 is 10.6 Å². The van der Waals surface area contributed by atoms with Crippen molar-refractivity contribution in [2.75, 3.05) is 18.4 Å². The molecule has 0 bridgehead atoms. The summed E-state index contributed by atoms with van der Waals surface area (Å²) < 4.78 is 12.9. The van der Waals surface area contributed by atoms with E-state index in [0.29, 0.717) is 18.8 Å². The van der Waals surface area contributed by atoms with Crippen LogP contribution in [0.1, 0.15) is 48.2 Å². The molecule has 2 N–H and O–H groups in total. The molecule has 142 valence electrons. The van der Waals surface area contributed by atoms with E-state index in [9.17, 15) is 9.18 Å². The third kappa shape index (κ3) is 6.16. The number of aromatic nitrogens is 2. The maximum absolute atomic E-state index is 12.9. The molecule has 1 heterocycles. The predicted octanol–water partition coefficient (Wildman–Crippen LogP) is 3.89. The average molecular weight is 368 g/mol. The van der Waals surface area contributed by atoms with Gasteiger partial charge in [0.15, 0.2) is 0 Å². The van der Waals surface area contributed by atoms with Gasteiger partial charge in [-0.25, -0.2) is 14.4 Å². The number of benzene rings is 1. The summed E-state index contributed by atoms with van der Waals surface area (Å²) in [6.07, 6.45) is 12.1. The highest BCUT2D eigenvalue weighted by Crippen LogP contribution is 2.19. The van der Waals surface area contributed by atoms with Crippen LogP contribution in [0.5, 0.6) is 0 Å². The molecule has 0 atom stereocenters. The van der Waals surface area contributed by atoms with Gasteiger partial charge in [0.05, 0.1) is 12.4 Å². The molecule has 3 rings (SSSR count). The number of hydrogen-bond donors (Lipinski definition) is 2. The molecule has 2 aromatic rings. The van der Waals surface area contributed by atoms with Crippen LogP contribution in [0, 0.1) is 5.82 Å². The van der Waals surface area contributed by atoms with E-state index in [0.717, 1.165) is 18.5 Å². The van der Waals surface area contributed by atoms with Crippen molar-refractivity contribution in [2.24, 2.45) is 0 Å². The van der Waals surface area contributed by atoms with Crippen molar-refractivity contribution in [1.29, 1.82) is 0 Å². The normalized spacial score (nSPS) is 13.7. The van der Waals surface area contributed by atoms with Crippen LogP contribution in [0.15, 0.2) is 48.3 Å². The summed E-state index contributed by atoms with van der Waals surface area (Å²) in [5.74, 6) is 0.153. The van der Waals surface area contributed by atoms with Crippen molar-refractivity contribution in [3.63, 3.8) is 0 Å². The fraction of sp³-hybridized carbons (Fsp3) is 0.381. The quantitative estimate of drug-likeness (QED) is 0.694. The highest BCUT2D eigenvalue weighted by Gasteiger charge is 2.08. The van der Waals surface area contributed by atoms with Crippen LogP contribution in [0.3, 0.4) is 0 Å². The minimum absolute atomic E-state index is 0.261. The second kappa shape index (κ2) is 9.80. The molecular weight excluding hydrogens is 343 g/mol. The van der Waals surface area contributed by atoms with E-state index in [1.165, 1.54) is 49.6 Å². The number of nitrogens with one attached hydrogen (secondary N) is 2. The van der Waals surface area contributed by atoms with Crippen molar-refractivity contribution in [3.8, 4) is 0 Å². The maximum atomic E-state index is 12.9. The number of hydrogen-bond acceptors (Lipinski definition) is 4. The van der Waals surface area contributed by atoms with E-state index in [4.69, 9.17) is 0 Å². The Morgan fingerprint density at radius 3 is 2.59 bits per heavy atom. The molecule has 0 saturated heterocycles. The number of carbonyl (C=O) groups excluding carboxylic acids is 1. The van der Waals surface area contributed by atoms with Crippen molar-refractivity contribution in [2.45, 2.75) is 38.5 Å². The predicted molar refractivity (Wildman–Crippen MR) is 104 cm³/mol. The smallest absolute Gasteiger partial charge is 0.271 e. The fourth-order valence-electron chi connectivity index (χ4n) is 3.08. The molecule has 0 unspecified atom stereocenters. The number of allylic oxidation sites excluding steroid dienone is 1. The van der Waals surface area contributed by atoms with Gasteiger partial charge in [0.2, 0.25) is 0 Å². The van der Waals surface area contributed by atoms with Crippen LogP contribution >= 0.6 is 0 Å². The molecular formula is C21H25FN4O. The first-order valence-electron chi connectivity index (χ1n) is 9.47. The Bertz CT molecular complexity index is 772. The Morgan fingerprint density at radius 1 is 1.04 bits per heavy atom. The second-order valence-electron chi connectivity index (χ2n) is 6.70. The van der Waals surface area contributed by atoms with Crippen LogP contribution in [-0.2, 0) is 6.42 Å². The Morgan fingerprint density at radius 2 is 1.89 bits per heavy atom. The van der Waals surface area contributed by atoms with Crippen molar-refractivity contribution in [1.82, 2.24) is 15.3 Å². The summed E-state index contributed by atoms with van der Waals surface area (Å²) in [4.78, 5) is 20.6. The molecule has 1 amide bonds. The molecule has 1 aromatic carbocycles. The van der Waals surface area contributed by atoms with E-state index in [2.05, 4.69) is 26.7 Å². The molecule has 1 aliphatic carbocycles. The number of halogens is 1. The lowest BCUT2D eigenvalue weighted by Crippen LogP contribution is -2.26. The Kier molecular flexibility index (Phi) is 6.90. The third-order valence-electron chi connectivity index (χ3n) is 4.63. The maximum Gasteiger partial charge on any atom is 0.271 e. The van der Waals surface area contributed by atoms with Crippen LogP contribution in [-0.4, -0.2) is 29.0 Å². The van der Waals surface area contributed by atoms with Gasteiger partial charge in [-0.2, -0.15) is 0 Å². The standard InChI is InChI=1S/C21H25FN4O/c22-18-8-6-17(7-9-18)11-13-24-21(27)19-14-26-20(15-25-19)23-12-10-16-4-2-1-3-5-16/h4,6-9,14-15H,1-3,5,10-13H2,(H,23,26)(H,24,27). The van der Waals surface area contributed by atoms with E-state index < -0.39 is 0 Å². The minimum Gasteiger partial charge on any atom is -0.368 e. The Balaban J connectivity index is 1.40. The largest absolute Gasteiger partial charge is 0.368 e. The fourth-order valence-corrected chi connectivity index (χ4v) is 3.08. The Hall–Kier alpha value is -2.76. The molecule has 27 heavy (non-hydrogen) atoms. The van der Waals surface area contributed by atoms with Crippen LogP contribution in [0.4, 0.5) is 10.2 Å². The van der Waals surface area contributed by atoms with Crippen molar-refractivity contribution >= 4 is 11.7 Å². The summed E-state index contributed by atoms with van der Waals surface area (Å²) >= 11 is 0. The highest BCUT2D eigenvalue weighted by molar-refractivity contribution is 5.91. The topological polar surface area (TPSA) is 66.9 Å². The molecule has 0 fully saturated rings. The van der Waals surface area contributed by atoms with Gasteiger partial charge in [0, 0.05) is 13.1 Å². The van der Waals surface area contributed by atoms with Gasteiger partial charge in [0.25, 0.3) is 5.91 Å². The number of rotatable bonds is 8. The van der Waals surface area contributed by atoms with Gasteiger partial charge in [-0.3, -0.25) is 4.79 Å². The molecule has 0 spiro atoms. The molecule has 5 nitrogen and oxygen atoms in total. The Labute approximate surface area is 159 Å². The lowest BCUT2D eigenvalue weighted by molar-refractivity contribution is 0.0949. The first-order chi connectivity index (χ1) is 13.2. The monoisotopic (exact) mass is 368 g/mol. The molecule has 0 radical (unpaired) electrons. The van der Waals surface area contributed by atoms with E-state index >= 15 is 0 Å². The number of carbonyl (C=O) groups is 1. The summed E-state index contributed by atoms with van der Waals surface area (Å²) in [5, 5.41) is 6.06. The van der Waals surface area contributed by atoms with Crippen molar-refractivity contribution in [3.05, 3.63) is 65.4 Å². The summed E-state index contributed by atoms with van der Waals surface area (Å²) in [7, 11) is 0. The zero-order chi connectivity index (χ0) is 18.9. The summed E-state index contributed by atoms with van der Waals surface area (Å²) in [5.41, 5.74) is 2.77. The number of amides is 1. The molecule has 6 heteroatoms. The summed E-state index contributed by atoms with van der Waals surface area (Å²) in [6.45, 7) is 1.28. The molecule has 0 aliphatic heterocycles. The molecule has 1 aromatic heterocycles. The van der Waals surface area contributed by atoms with Gasteiger partial charge in [-0.1, -0.05) is 23.8 Å². The zero-order valence-electron chi connectivity index (χ0n) is 15.4. The summed E-state index contributed by atoms with van der Waals surface area (Å²) in [6, 6.07) is 6.26. The van der Waals surface area contributed by atoms with E-state index in [1.807, 2.05) is 0 Å². The van der Waals surface area contributed by atoms with Crippen LogP contribution < -0.4 is 10.6 Å². The van der Waals surface area contributed by atoms with Crippen LogP contribution in [0.25, 0.3) is 0 Å². The average Bonchev–Trinajstić information content (AvgIpc) is 2.71. The highest BCUT2D eigenvalue weighted by atomic mass is 19.1. The zero-order valence-corrected chi connectivity index (χ0v) is 15.4. The first-order valence-corrected chi connectivity index (χ1v) is 9.47. The lowest BCUT2D eigenvalue weighted by Gasteiger charge is -2.13. The number of anilines is 1. The SMILES string of the molecule is O=C(NCCc1ccc(F)cc1)c1cnc(NCCC2=CCCCC2)cn1. The number of nitrogens with zero attached hydrogens (tertiary/aromatic N) is 2. The van der Waals surface area contributed by atoms with Gasteiger partial charge >= 0.3 is 0 Å². The lowest BCUT2D eigenvalue weighted by atomic mass is 9.97. The third-order valence-corrected chi connectivity index (χ3v) is 4.63. The van der Waals surface area contributed by atoms with Gasteiger partial charge in [-0.05, 0) is 56.2 Å². The first kappa shape index (κ1) is 19.0. The van der Waals surface area contributed by atoms with E-state index in [-0.39, 0.29) is 17.4 Å². The molecule has 0 saturated carbocycles. The van der Waals surface area contributed by atoms with E-state index in [1.54, 1.807) is 18.3 Å².